The van der Waals surface area contributed by atoms with Gasteiger partial charge in [0, 0.05) is 39.3 Å². The molecule has 268 valence electrons. The van der Waals surface area contributed by atoms with Crippen LogP contribution in [0, 0.1) is 0 Å². The molecule has 0 saturated heterocycles. The van der Waals surface area contributed by atoms with Gasteiger partial charge in [-0.05, 0) is 58.7 Å². The third kappa shape index (κ3) is 43.5. The van der Waals surface area contributed by atoms with Crippen molar-refractivity contribution < 1.29 is 30.6 Å². The zero-order chi connectivity index (χ0) is 33.4. The van der Waals surface area contributed by atoms with Crippen LogP contribution in [-0.4, -0.2) is 144 Å². The summed E-state index contributed by atoms with van der Waals surface area (Å²) in [6.45, 7) is 11.5. The summed E-state index contributed by atoms with van der Waals surface area (Å²) >= 11 is 0. The summed E-state index contributed by atoms with van der Waals surface area (Å²) in [4.78, 5) is 6.08. The van der Waals surface area contributed by atoms with Crippen molar-refractivity contribution in [3.63, 3.8) is 0 Å². The molecule has 0 spiro atoms. The molecular formula is C35H77N3O6. The minimum atomic E-state index is 0.163. The highest BCUT2D eigenvalue weighted by molar-refractivity contribution is 4.81. The summed E-state index contributed by atoms with van der Waals surface area (Å²) in [6, 6.07) is 0. The zero-order valence-corrected chi connectivity index (χ0v) is 29.4. The molecule has 0 radical (unpaired) electrons. The average Bonchev–Trinajstić information content (AvgIpc) is 3.01. The fraction of sp³-hybridized carbons (Fsp3) is 0.943. The lowest BCUT2D eigenvalue weighted by molar-refractivity contribution is 0.159. The molecule has 0 atom stereocenters. The Morgan fingerprint density at radius 2 is 0.682 bits per heavy atom. The summed E-state index contributed by atoms with van der Waals surface area (Å²) in [5, 5.41) is 51.9. The van der Waals surface area contributed by atoms with Gasteiger partial charge < -0.3 is 35.5 Å². The van der Waals surface area contributed by atoms with Gasteiger partial charge in [0.25, 0.3) is 0 Å². The number of hydrogen-bond donors (Lipinski definition) is 6. The van der Waals surface area contributed by atoms with Crippen molar-refractivity contribution in [1.29, 1.82) is 0 Å². The Morgan fingerprint density at radius 1 is 0.364 bits per heavy atom. The van der Waals surface area contributed by atoms with Crippen LogP contribution in [0.5, 0.6) is 0 Å². The van der Waals surface area contributed by atoms with E-state index in [9.17, 15) is 0 Å². The van der Waals surface area contributed by atoms with Crippen LogP contribution in [0.4, 0.5) is 0 Å². The molecule has 0 aromatic rings. The van der Waals surface area contributed by atoms with Gasteiger partial charge in [-0.1, -0.05) is 90.2 Å². The molecule has 0 bridgehead atoms. The molecule has 0 aliphatic heterocycles. The van der Waals surface area contributed by atoms with Gasteiger partial charge in [0.15, 0.2) is 0 Å². The van der Waals surface area contributed by atoms with Crippen molar-refractivity contribution in [2.45, 2.75) is 117 Å². The molecule has 9 nitrogen and oxygen atoms in total. The van der Waals surface area contributed by atoms with Crippen molar-refractivity contribution >= 4 is 0 Å². The first-order valence-electron chi connectivity index (χ1n) is 17.9. The molecule has 0 aliphatic carbocycles. The van der Waals surface area contributed by atoms with Gasteiger partial charge >= 0.3 is 0 Å². The SMILES string of the molecule is CCCCCCCC/C=C\CCCCCCCCN(CCO)CCO.CCCCN(CCO)CCO.CN(CCO)CCO. The topological polar surface area (TPSA) is 131 Å². The average molecular weight is 636 g/mol. The quantitative estimate of drug-likeness (QED) is 0.0488. The van der Waals surface area contributed by atoms with Gasteiger partial charge in [-0.3, -0.25) is 9.80 Å². The van der Waals surface area contributed by atoms with Crippen LogP contribution in [0.25, 0.3) is 0 Å². The minimum Gasteiger partial charge on any atom is -0.395 e. The number of aliphatic hydroxyl groups is 6. The fourth-order valence-electron chi connectivity index (χ4n) is 4.65. The first-order chi connectivity index (χ1) is 21.5. The van der Waals surface area contributed by atoms with Gasteiger partial charge in [-0.25, -0.2) is 0 Å². The second kappa shape index (κ2) is 44.5. The number of unbranched alkanes of at least 4 members (excludes halogenated alkanes) is 13. The van der Waals surface area contributed by atoms with Gasteiger partial charge in [0.2, 0.25) is 0 Å². The smallest absolute Gasteiger partial charge is 0.0558 e. The maximum absolute atomic E-state index is 8.97. The fourth-order valence-corrected chi connectivity index (χ4v) is 4.65. The van der Waals surface area contributed by atoms with E-state index in [1.807, 2.05) is 11.9 Å². The van der Waals surface area contributed by atoms with E-state index >= 15 is 0 Å². The van der Waals surface area contributed by atoms with Crippen LogP contribution in [0.1, 0.15) is 117 Å². The third-order valence-electron chi connectivity index (χ3n) is 7.44. The molecule has 0 aromatic heterocycles. The van der Waals surface area contributed by atoms with Crippen LogP contribution >= 0.6 is 0 Å². The highest BCUT2D eigenvalue weighted by atomic mass is 16.3. The minimum absolute atomic E-state index is 0.163. The molecule has 0 amide bonds. The van der Waals surface area contributed by atoms with Gasteiger partial charge in [0.05, 0.1) is 39.6 Å². The summed E-state index contributed by atoms with van der Waals surface area (Å²) in [7, 11) is 1.85. The van der Waals surface area contributed by atoms with Crippen molar-refractivity contribution in [2.75, 3.05) is 99.0 Å². The summed E-state index contributed by atoms with van der Waals surface area (Å²) in [5.74, 6) is 0. The molecule has 0 aromatic carbocycles. The van der Waals surface area contributed by atoms with E-state index in [0.29, 0.717) is 39.3 Å². The lowest BCUT2D eigenvalue weighted by Gasteiger charge is -2.19. The van der Waals surface area contributed by atoms with E-state index in [2.05, 4.69) is 35.8 Å². The Hall–Kier alpha value is -0.620. The molecule has 0 unspecified atom stereocenters. The number of hydrogen-bond acceptors (Lipinski definition) is 9. The number of likely N-dealkylation sites (N-methyl/N-ethyl adjacent to an activating group) is 1. The molecule has 0 rings (SSSR count). The summed E-state index contributed by atoms with van der Waals surface area (Å²) in [5.41, 5.74) is 0. The largest absolute Gasteiger partial charge is 0.395 e. The molecular weight excluding hydrogens is 558 g/mol. The summed E-state index contributed by atoms with van der Waals surface area (Å²) < 4.78 is 0. The van der Waals surface area contributed by atoms with Crippen molar-refractivity contribution in [1.82, 2.24) is 14.7 Å². The lowest BCUT2D eigenvalue weighted by atomic mass is 10.1. The normalized spacial score (nSPS) is 11.4. The van der Waals surface area contributed by atoms with E-state index in [1.165, 1.54) is 89.9 Å². The highest BCUT2D eigenvalue weighted by Crippen LogP contribution is 2.10. The zero-order valence-electron chi connectivity index (χ0n) is 29.4. The third-order valence-corrected chi connectivity index (χ3v) is 7.44. The standard InChI is InChI=1S/C22H45NO2.C8H19NO2.C5H13NO2/c1-2-3-4-5-6-7-8-9-10-11-12-13-14-15-16-17-18-23(19-21-24)20-22-25;1-2-3-4-9(5-7-10)6-8-11;1-6(2-4-7)3-5-8/h9-10,24-25H,2-8,11-22H2,1H3;10-11H,2-8H2,1H3;7-8H,2-5H2,1H3/b10-9-;;. The summed E-state index contributed by atoms with van der Waals surface area (Å²) in [6.07, 6.45) is 25.7. The molecule has 0 fully saturated rings. The predicted octanol–water partition coefficient (Wildman–Crippen LogP) is 4.29. The van der Waals surface area contributed by atoms with Crippen LogP contribution in [0.15, 0.2) is 12.2 Å². The van der Waals surface area contributed by atoms with E-state index in [0.717, 1.165) is 25.9 Å². The Kier molecular flexibility index (Phi) is 48.3. The number of allylic oxidation sites excluding steroid dienone is 2. The number of rotatable bonds is 31. The lowest BCUT2D eigenvalue weighted by Crippen LogP contribution is -2.30. The van der Waals surface area contributed by atoms with E-state index in [4.69, 9.17) is 30.6 Å². The second-order valence-electron chi connectivity index (χ2n) is 11.6. The monoisotopic (exact) mass is 636 g/mol. The number of aliphatic hydroxyl groups excluding tert-OH is 6. The molecule has 0 heterocycles. The van der Waals surface area contributed by atoms with E-state index in [-0.39, 0.29) is 39.6 Å². The maximum atomic E-state index is 8.97. The van der Waals surface area contributed by atoms with E-state index in [1.54, 1.807) is 0 Å². The van der Waals surface area contributed by atoms with Crippen LogP contribution in [0.2, 0.25) is 0 Å². The molecule has 9 heteroatoms. The Bertz CT molecular complexity index is 499. The van der Waals surface area contributed by atoms with Gasteiger partial charge in [-0.15, -0.1) is 0 Å². The Balaban J connectivity index is -0.000000722. The van der Waals surface area contributed by atoms with Gasteiger partial charge in [-0.2, -0.15) is 0 Å². The predicted molar refractivity (Wildman–Crippen MR) is 187 cm³/mol. The van der Waals surface area contributed by atoms with Crippen molar-refractivity contribution in [3.8, 4) is 0 Å². The first-order valence-corrected chi connectivity index (χ1v) is 17.9. The van der Waals surface area contributed by atoms with E-state index < -0.39 is 0 Å². The Morgan fingerprint density at radius 3 is 1.05 bits per heavy atom. The Labute approximate surface area is 273 Å². The molecule has 6 N–H and O–H groups in total. The maximum Gasteiger partial charge on any atom is 0.0558 e. The first kappa shape index (κ1) is 47.8. The van der Waals surface area contributed by atoms with Gasteiger partial charge in [0.1, 0.15) is 0 Å². The van der Waals surface area contributed by atoms with Crippen LogP contribution < -0.4 is 0 Å². The second-order valence-corrected chi connectivity index (χ2v) is 11.6. The van der Waals surface area contributed by atoms with Crippen LogP contribution in [-0.2, 0) is 0 Å². The molecule has 0 saturated carbocycles. The molecule has 0 aliphatic rings. The number of nitrogens with zero attached hydrogens (tertiary/aromatic N) is 3. The van der Waals surface area contributed by atoms with Crippen molar-refractivity contribution in [3.05, 3.63) is 12.2 Å². The van der Waals surface area contributed by atoms with Crippen molar-refractivity contribution in [2.24, 2.45) is 0 Å². The highest BCUT2D eigenvalue weighted by Gasteiger charge is 2.03. The molecule has 44 heavy (non-hydrogen) atoms. The van der Waals surface area contributed by atoms with Crippen LogP contribution in [0.3, 0.4) is 0 Å².